The Morgan fingerprint density at radius 1 is 1.29 bits per heavy atom. The molecule has 0 spiro atoms. The van der Waals surface area contributed by atoms with Crippen LogP contribution in [-0.2, 0) is 16.4 Å². The first kappa shape index (κ1) is 18.9. The fraction of sp³-hybridized carbons (Fsp3) is 0.300. The number of carbonyl (C=O) groups is 1. The first-order valence-electron chi connectivity index (χ1n) is 8.91. The van der Waals surface area contributed by atoms with Crippen molar-refractivity contribution in [3.05, 3.63) is 68.2 Å². The summed E-state index contributed by atoms with van der Waals surface area (Å²) < 4.78 is 29.8. The molecule has 3 heterocycles. The van der Waals surface area contributed by atoms with Gasteiger partial charge in [0.15, 0.2) is 21.0 Å². The van der Waals surface area contributed by atoms with Crippen molar-refractivity contribution in [1.82, 2.24) is 4.90 Å². The van der Waals surface area contributed by atoms with Crippen LogP contribution in [0.4, 0.5) is 0 Å². The molecule has 8 heteroatoms. The third-order valence-electron chi connectivity index (χ3n) is 4.98. The molecule has 1 aromatic carbocycles. The SMILES string of the molecule is Cc1cccc2c(=O)cc(C(=O)N(Cc3cccs3)C3CCS(=O)(=O)C3)oc12. The summed E-state index contributed by atoms with van der Waals surface area (Å²) in [5.41, 5.74) is 0.856. The number of nitrogens with zero attached hydrogens (tertiary/aromatic N) is 1. The van der Waals surface area contributed by atoms with Gasteiger partial charge in [-0.3, -0.25) is 9.59 Å². The maximum absolute atomic E-state index is 13.3. The van der Waals surface area contributed by atoms with Gasteiger partial charge in [-0.25, -0.2) is 8.42 Å². The number of amides is 1. The van der Waals surface area contributed by atoms with Crippen LogP contribution in [0.2, 0.25) is 0 Å². The number of hydrogen-bond donors (Lipinski definition) is 0. The maximum Gasteiger partial charge on any atom is 0.290 e. The van der Waals surface area contributed by atoms with E-state index in [-0.39, 0.29) is 29.2 Å². The lowest BCUT2D eigenvalue weighted by molar-refractivity contribution is 0.0651. The van der Waals surface area contributed by atoms with E-state index in [0.29, 0.717) is 17.4 Å². The highest BCUT2D eigenvalue weighted by Gasteiger charge is 2.36. The molecule has 1 saturated heterocycles. The highest BCUT2D eigenvalue weighted by molar-refractivity contribution is 7.91. The van der Waals surface area contributed by atoms with Gasteiger partial charge in [0.25, 0.3) is 5.91 Å². The maximum atomic E-state index is 13.3. The minimum atomic E-state index is -3.17. The molecule has 6 nitrogen and oxygen atoms in total. The molecule has 28 heavy (non-hydrogen) atoms. The predicted molar refractivity (Wildman–Crippen MR) is 108 cm³/mol. The molecule has 0 radical (unpaired) electrons. The minimum Gasteiger partial charge on any atom is -0.450 e. The Bertz CT molecular complexity index is 1200. The standard InChI is InChI=1S/C20H19NO5S2/c1-13-4-2-6-16-17(22)10-18(26-19(13)16)20(23)21(11-15-5-3-8-27-15)14-7-9-28(24,25)12-14/h2-6,8,10,14H,7,9,11-12H2,1H3. The number of hydrogen-bond acceptors (Lipinski definition) is 6. The van der Waals surface area contributed by atoms with E-state index in [9.17, 15) is 18.0 Å². The van der Waals surface area contributed by atoms with E-state index < -0.39 is 21.8 Å². The van der Waals surface area contributed by atoms with E-state index in [1.807, 2.05) is 30.5 Å². The fourth-order valence-electron chi connectivity index (χ4n) is 3.52. The summed E-state index contributed by atoms with van der Waals surface area (Å²) in [6.45, 7) is 2.10. The molecule has 3 aromatic rings. The molecule has 146 valence electrons. The molecular formula is C20H19NO5S2. The van der Waals surface area contributed by atoms with Crippen molar-refractivity contribution in [1.29, 1.82) is 0 Å². The Morgan fingerprint density at radius 3 is 2.79 bits per heavy atom. The van der Waals surface area contributed by atoms with Crippen LogP contribution in [0.15, 0.2) is 51.0 Å². The van der Waals surface area contributed by atoms with Crippen LogP contribution >= 0.6 is 11.3 Å². The van der Waals surface area contributed by atoms with E-state index in [1.54, 1.807) is 12.1 Å². The Kier molecular flexibility index (Phi) is 4.84. The molecule has 1 fully saturated rings. The summed E-state index contributed by atoms with van der Waals surface area (Å²) in [5.74, 6) is -0.529. The molecule has 0 bridgehead atoms. The molecule has 0 N–H and O–H groups in total. The van der Waals surface area contributed by atoms with Crippen LogP contribution in [0.5, 0.6) is 0 Å². The number of sulfone groups is 1. The quantitative estimate of drug-likeness (QED) is 0.652. The summed E-state index contributed by atoms with van der Waals surface area (Å²) in [6, 6.07) is 9.79. The number of fused-ring (bicyclic) bond motifs is 1. The van der Waals surface area contributed by atoms with Gasteiger partial charge in [-0.05, 0) is 36.4 Å². The smallest absolute Gasteiger partial charge is 0.290 e. The third kappa shape index (κ3) is 3.62. The van der Waals surface area contributed by atoms with E-state index in [0.717, 1.165) is 10.4 Å². The van der Waals surface area contributed by atoms with Gasteiger partial charge in [-0.2, -0.15) is 0 Å². The Morgan fingerprint density at radius 2 is 2.11 bits per heavy atom. The van der Waals surface area contributed by atoms with Crippen molar-refractivity contribution >= 4 is 38.1 Å². The van der Waals surface area contributed by atoms with Gasteiger partial charge in [-0.1, -0.05) is 18.2 Å². The molecular weight excluding hydrogens is 398 g/mol. The molecule has 2 aromatic heterocycles. The lowest BCUT2D eigenvalue weighted by Crippen LogP contribution is -2.40. The van der Waals surface area contributed by atoms with Crippen LogP contribution in [0.25, 0.3) is 11.0 Å². The highest BCUT2D eigenvalue weighted by Crippen LogP contribution is 2.25. The summed E-state index contributed by atoms with van der Waals surface area (Å²) in [7, 11) is -3.17. The molecule has 0 saturated carbocycles. The van der Waals surface area contributed by atoms with Gasteiger partial charge in [0.1, 0.15) is 5.58 Å². The zero-order valence-electron chi connectivity index (χ0n) is 15.3. The van der Waals surface area contributed by atoms with Crippen LogP contribution in [0.1, 0.15) is 27.4 Å². The Labute approximate surface area is 166 Å². The number of benzene rings is 1. The Hall–Kier alpha value is -2.45. The molecule has 0 aliphatic carbocycles. The first-order valence-corrected chi connectivity index (χ1v) is 11.6. The molecule has 1 aliphatic heterocycles. The van der Waals surface area contributed by atoms with Crippen LogP contribution in [0, 0.1) is 6.92 Å². The third-order valence-corrected chi connectivity index (χ3v) is 7.59. The molecule has 1 unspecified atom stereocenters. The minimum absolute atomic E-state index is 0.0622. The molecule has 1 amide bonds. The van der Waals surface area contributed by atoms with E-state index in [1.165, 1.54) is 22.3 Å². The molecule has 1 atom stereocenters. The Balaban J connectivity index is 1.76. The van der Waals surface area contributed by atoms with Crippen LogP contribution in [-0.4, -0.2) is 36.8 Å². The second kappa shape index (κ2) is 7.18. The average molecular weight is 418 g/mol. The van der Waals surface area contributed by atoms with Crippen molar-refractivity contribution in [3.8, 4) is 0 Å². The lowest BCUT2D eigenvalue weighted by Gasteiger charge is -2.27. The van der Waals surface area contributed by atoms with E-state index in [4.69, 9.17) is 4.42 Å². The molecule has 4 rings (SSSR count). The van der Waals surface area contributed by atoms with Gasteiger partial charge in [-0.15, -0.1) is 11.3 Å². The van der Waals surface area contributed by atoms with Gasteiger partial charge in [0.05, 0.1) is 23.4 Å². The summed E-state index contributed by atoms with van der Waals surface area (Å²) in [4.78, 5) is 28.2. The summed E-state index contributed by atoms with van der Waals surface area (Å²) in [5, 5.41) is 2.33. The largest absolute Gasteiger partial charge is 0.450 e. The number of aryl methyl sites for hydroxylation is 1. The zero-order chi connectivity index (χ0) is 19.9. The number of para-hydroxylation sites is 1. The monoisotopic (exact) mass is 417 g/mol. The van der Waals surface area contributed by atoms with Crippen LogP contribution in [0.3, 0.4) is 0 Å². The zero-order valence-corrected chi connectivity index (χ0v) is 16.9. The average Bonchev–Trinajstić information content (AvgIpc) is 3.29. The van der Waals surface area contributed by atoms with Crippen LogP contribution < -0.4 is 5.43 Å². The second-order valence-electron chi connectivity index (χ2n) is 7.00. The van der Waals surface area contributed by atoms with Crippen molar-refractivity contribution in [2.24, 2.45) is 0 Å². The first-order chi connectivity index (χ1) is 13.3. The lowest BCUT2D eigenvalue weighted by atomic mass is 10.1. The van der Waals surface area contributed by atoms with Gasteiger partial charge >= 0.3 is 0 Å². The van der Waals surface area contributed by atoms with Gasteiger partial charge < -0.3 is 9.32 Å². The number of thiophene rings is 1. The predicted octanol–water partition coefficient (Wildman–Crippen LogP) is 2.99. The van der Waals surface area contributed by atoms with Crippen molar-refractivity contribution in [2.45, 2.75) is 25.9 Å². The summed E-state index contributed by atoms with van der Waals surface area (Å²) >= 11 is 1.50. The number of rotatable bonds is 4. The second-order valence-corrected chi connectivity index (χ2v) is 10.3. The molecule has 1 aliphatic rings. The van der Waals surface area contributed by atoms with Gasteiger partial charge in [0.2, 0.25) is 0 Å². The van der Waals surface area contributed by atoms with Crippen molar-refractivity contribution in [3.63, 3.8) is 0 Å². The van der Waals surface area contributed by atoms with Crippen molar-refractivity contribution in [2.75, 3.05) is 11.5 Å². The normalized spacial score (nSPS) is 18.4. The summed E-state index contributed by atoms with van der Waals surface area (Å²) in [6.07, 6.45) is 0.385. The van der Waals surface area contributed by atoms with Gasteiger partial charge in [0, 0.05) is 17.0 Å². The van der Waals surface area contributed by atoms with E-state index in [2.05, 4.69) is 0 Å². The number of carbonyl (C=O) groups excluding carboxylic acids is 1. The van der Waals surface area contributed by atoms with E-state index >= 15 is 0 Å². The highest BCUT2D eigenvalue weighted by atomic mass is 32.2. The fourth-order valence-corrected chi connectivity index (χ4v) is 5.96. The topological polar surface area (TPSA) is 84.7 Å². The van der Waals surface area contributed by atoms with Crippen molar-refractivity contribution < 1.29 is 17.6 Å².